The summed E-state index contributed by atoms with van der Waals surface area (Å²) in [5.74, 6) is 0.671. The first-order valence-electron chi connectivity index (χ1n) is 6.41. The van der Waals surface area contributed by atoms with E-state index in [2.05, 4.69) is 15.3 Å². The van der Waals surface area contributed by atoms with Gasteiger partial charge in [0.15, 0.2) is 5.82 Å². The minimum atomic E-state index is -0.435. The molecule has 0 bridgehead atoms. The molecule has 1 aromatic heterocycles. The highest BCUT2D eigenvalue weighted by molar-refractivity contribution is 5.85. The van der Waals surface area contributed by atoms with E-state index in [1.165, 1.54) is 13.4 Å². The van der Waals surface area contributed by atoms with Gasteiger partial charge in [-0.05, 0) is 6.92 Å². The van der Waals surface area contributed by atoms with E-state index in [1.54, 1.807) is 11.8 Å². The lowest BCUT2D eigenvalue weighted by molar-refractivity contribution is -0.135. The molecule has 1 amide bonds. The third kappa shape index (κ3) is 3.08. The van der Waals surface area contributed by atoms with E-state index in [0.717, 1.165) is 0 Å². The van der Waals surface area contributed by atoms with Crippen molar-refractivity contribution >= 4 is 17.4 Å². The van der Waals surface area contributed by atoms with E-state index < -0.39 is 6.04 Å². The Bertz CT molecular complexity index is 476. The number of carbonyl (C=O) groups excluding carboxylic acids is 1. The normalized spacial score (nSPS) is 16.6. The van der Waals surface area contributed by atoms with Crippen molar-refractivity contribution in [3.05, 3.63) is 6.33 Å². The third-order valence-corrected chi connectivity index (χ3v) is 3.09. The first kappa shape index (κ1) is 14.3. The Morgan fingerprint density at radius 3 is 2.85 bits per heavy atom. The van der Waals surface area contributed by atoms with Gasteiger partial charge < -0.3 is 25.4 Å². The molecule has 1 atom stereocenters. The van der Waals surface area contributed by atoms with Crippen molar-refractivity contribution < 1.29 is 14.3 Å². The molecule has 0 radical (unpaired) electrons. The molecule has 3 N–H and O–H groups in total. The number of morpholine rings is 1. The van der Waals surface area contributed by atoms with Gasteiger partial charge in [-0.1, -0.05) is 0 Å². The molecule has 1 aliphatic heterocycles. The smallest absolute Gasteiger partial charge is 0.244 e. The first-order chi connectivity index (χ1) is 9.63. The second-order valence-corrected chi connectivity index (χ2v) is 4.45. The number of aromatic nitrogens is 2. The van der Waals surface area contributed by atoms with Crippen LogP contribution in [0.5, 0.6) is 5.88 Å². The van der Waals surface area contributed by atoms with Gasteiger partial charge in [0, 0.05) is 13.1 Å². The lowest BCUT2D eigenvalue weighted by Crippen LogP contribution is -2.47. The maximum Gasteiger partial charge on any atom is 0.244 e. The van der Waals surface area contributed by atoms with Gasteiger partial charge in [-0.2, -0.15) is 4.98 Å². The van der Waals surface area contributed by atoms with E-state index in [-0.39, 0.29) is 17.5 Å². The van der Waals surface area contributed by atoms with Crippen LogP contribution in [0.2, 0.25) is 0 Å². The number of ether oxygens (including phenoxy) is 2. The predicted molar refractivity (Wildman–Crippen MR) is 73.5 cm³/mol. The van der Waals surface area contributed by atoms with Gasteiger partial charge in [0.1, 0.15) is 18.1 Å². The molecule has 0 spiro atoms. The molecule has 1 aromatic rings. The number of nitrogens with zero attached hydrogens (tertiary/aromatic N) is 3. The Balaban J connectivity index is 2.03. The molecule has 2 rings (SSSR count). The van der Waals surface area contributed by atoms with Crippen LogP contribution in [0.15, 0.2) is 6.33 Å². The van der Waals surface area contributed by atoms with Crippen molar-refractivity contribution in [1.29, 1.82) is 0 Å². The summed E-state index contributed by atoms with van der Waals surface area (Å²) in [6.45, 7) is 4.12. The fourth-order valence-corrected chi connectivity index (χ4v) is 1.98. The van der Waals surface area contributed by atoms with E-state index in [0.29, 0.717) is 32.1 Å². The summed E-state index contributed by atoms with van der Waals surface area (Å²) in [6.07, 6.45) is 1.34. The molecule has 1 aliphatic rings. The minimum Gasteiger partial charge on any atom is -0.479 e. The Labute approximate surface area is 117 Å². The molecule has 8 heteroatoms. The molecular formula is C12H19N5O3. The van der Waals surface area contributed by atoms with E-state index >= 15 is 0 Å². The van der Waals surface area contributed by atoms with Gasteiger partial charge in [0.05, 0.1) is 20.3 Å². The lowest BCUT2D eigenvalue weighted by atomic mass is 10.2. The third-order valence-electron chi connectivity index (χ3n) is 3.09. The van der Waals surface area contributed by atoms with Gasteiger partial charge in [-0.25, -0.2) is 4.98 Å². The highest BCUT2D eigenvalue weighted by atomic mass is 16.5. The molecule has 0 aromatic carbocycles. The fraction of sp³-hybridized carbons (Fsp3) is 0.583. The zero-order valence-corrected chi connectivity index (χ0v) is 11.6. The molecular weight excluding hydrogens is 262 g/mol. The summed E-state index contributed by atoms with van der Waals surface area (Å²) in [5.41, 5.74) is 6.15. The number of nitrogens with one attached hydrogen (secondary N) is 1. The number of rotatable bonds is 4. The molecule has 20 heavy (non-hydrogen) atoms. The van der Waals surface area contributed by atoms with Crippen LogP contribution in [0.1, 0.15) is 6.92 Å². The fourth-order valence-electron chi connectivity index (χ4n) is 1.98. The second kappa shape index (κ2) is 6.38. The lowest BCUT2D eigenvalue weighted by Gasteiger charge is -2.29. The number of anilines is 2. The van der Waals surface area contributed by atoms with E-state index in [1.807, 2.05) is 0 Å². The number of hydrogen-bond donors (Lipinski definition) is 2. The molecule has 1 saturated heterocycles. The van der Waals surface area contributed by atoms with Gasteiger partial charge in [-0.15, -0.1) is 0 Å². The van der Waals surface area contributed by atoms with Crippen LogP contribution in [0.4, 0.5) is 11.5 Å². The quantitative estimate of drug-likeness (QED) is 0.782. The predicted octanol–water partition coefficient (Wildman–Crippen LogP) is -0.273. The molecule has 110 valence electrons. The van der Waals surface area contributed by atoms with Gasteiger partial charge in [0.2, 0.25) is 11.8 Å². The number of methoxy groups -OCH3 is 1. The maximum absolute atomic E-state index is 12.3. The monoisotopic (exact) mass is 281 g/mol. The minimum absolute atomic E-state index is 0.00900. The van der Waals surface area contributed by atoms with Crippen LogP contribution < -0.4 is 15.8 Å². The van der Waals surface area contributed by atoms with Crippen molar-refractivity contribution in [3.8, 4) is 5.88 Å². The van der Waals surface area contributed by atoms with Crippen molar-refractivity contribution in [3.63, 3.8) is 0 Å². The zero-order valence-electron chi connectivity index (χ0n) is 11.6. The summed E-state index contributed by atoms with van der Waals surface area (Å²) < 4.78 is 10.2. The highest BCUT2D eigenvalue weighted by Crippen LogP contribution is 2.24. The second-order valence-electron chi connectivity index (χ2n) is 4.45. The molecule has 1 fully saturated rings. The Morgan fingerprint density at radius 2 is 2.20 bits per heavy atom. The zero-order chi connectivity index (χ0) is 14.5. The Morgan fingerprint density at radius 1 is 1.50 bits per heavy atom. The SMILES string of the molecule is COc1ncnc(NC(C)C(=O)N2CCOCC2)c1N. The van der Waals surface area contributed by atoms with Crippen molar-refractivity contribution in [2.75, 3.05) is 44.5 Å². The number of nitrogen functional groups attached to an aromatic ring is 1. The summed E-state index contributed by atoms with van der Waals surface area (Å²) >= 11 is 0. The number of carbonyl (C=O) groups is 1. The number of nitrogens with two attached hydrogens (primary N) is 1. The van der Waals surface area contributed by atoms with Crippen LogP contribution in [0.25, 0.3) is 0 Å². The Hall–Kier alpha value is -2.09. The molecule has 0 aliphatic carbocycles. The molecule has 1 unspecified atom stereocenters. The number of amides is 1. The van der Waals surface area contributed by atoms with Crippen LogP contribution in [-0.4, -0.2) is 60.2 Å². The van der Waals surface area contributed by atoms with Crippen LogP contribution in [0, 0.1) is 0 Å². The largest absolute Gasteiger partial charge is 0.479 e. The summed E-state index contributed by atoms with van der Waals surface area (Å²) in [6, 6.07) is -0.435. The van der Waals surface area contributed by atoms with E-state index in [9.17, 15) is 4.79 Å². The standard InChI is InChI=1S/C12H19N5O3/c1-8(12(18)17-3-5-20-6-4-17)16-10-9(13)11(19-2)15-7-14-10/h7-8H,3-6,13H2,1-2H3,(H,14,15,16). The first-order valence-corrected chi connectivity index (χ1v) is 6.41. The molecule has 2 heterocycles. The summed E-state index contributed by atoms with van der Waals surface area (Å²) in [5, 5.41) is 2.99. The van der Waals surface area contributed by atoms with Gasteiger partial charge in [-0.3, -0.25) is 4.79 Å². The topological polar surface area (TPSA) is 103 Å². The maximum atomic E-state index is 12.3. The summed E-state index contributed by atoms with van der Waals surface area (Å²) in [7, 11) is 1.48. The van der Waals surface area contributed by atoms with Gasteiger partial charge in [0.25, 0.3) is 0 Å². The molecule has 8 nitrogen and oxygen atoms in total. The van der Waals surface area contributed by atoms with Crippen molar-refractivity contribution in [1.82, 2.24) is 14.9 Å². The van der Waals surface area contributed by atoms with Crippen LogP contribution in [-0.2, 0) is 9.53 Å². The number of hydrogen-bond acceptors (Lipinski definition) is 7. The average Bonchev–Trinajstić information content (AvgIpc) is 2.49. The Kier molecular flexibility index (Phi) is 4.57. The van der Waals surface area contributed by atoms with Crippen LogP contribution >= 0.6 is 0 Å². The molecule has 0 saturated carbocycles. The summed E-state index contributed by atoms with van der Waals surface area (Å²) in [4.78, 5) is 21.9. The van der Waals surface area contributed by atoms with E-state index in [4.69, 9.17) is 15.2 Å². The highest BCUT2D eigenvalue weighted by Gasteiger charge is 2.23. The van der Waals surface area contributed by atoms with Crippen molar-refractivity contribution in [2.24, 2.45) is 0 Å². The van der Waals surface area contributed by atoms with Crippen LogP contribution in [0.3, 0.4) is 0 Å². The van der Waals surface area contributed by atoms with Crippen molar-refractivity contribution in [2.45, 2.75) is 13.0 Å². The van der Waals surface area contributed by atoms with Gasteiger partial charge >= 0.3 is 0 Å². The average molecular weight is 281 g/mol.